The molecule has 0 fully saturated rings. The van der Waals surface area contributed by atoms with Gasteiger partial charge in [-0.3, -0.25) is 4.99 Å². The van der Waals surface area contributed by atoms with Crippen LogP contribution in [0.5, 0.6) is 11.5 Å². The molecule has 0 radical (unpaired) electrons. The summed E-state index contributed by atoms with van der Waals surface area (Å²) in [4.78, 5) is 4.59. The third-order valence-corrected chi connectivity index (χ3v) is 4.07. The Morgan fingerprint density at radius 3 is 2.74 bits per heavy atom. The molecule has 0 amide bonds. The fourth-order valence-corrected chi connectivity index (χ4v) is 2.85. The standard InChI is InChI=1S/C19H18INO2/c1-5-8-23-19-16(20)10-15(11-18(19)22-4)12-21-17-9-13(2)6-7-14(17)3/h1,6-7,9-12H,8H2,2-4H3. The molecular weight excluding hydrogens is 401 g/mol. The summed E-state index contributed by atoms with van der Waals surface area (Å²) in [5.74, 6) is 3.77. The van der Waals surface area contributed by atoms with Crippen LogP contribution < -0.4 is 9.47 Å². The monoisotopic (exact) mass is 419 g/mol. The zero-order valence-corrected chi connectivity index (χ0v) is 15.5. The number of aliphatic imine (C=N–C) groups is 1. The van der Waals surface area contributed by atoms with Crippen molar-refractivity contribution in [3.8, 4) is 23.8 Å². The fourth-order valence-electron chi connectivity index (χ4n) is 2.07. The molecule has 2 aromatic rings. The van der Waals surface area contributed by atoms with Crippen molar-refractivity contribution in [1.29, 1.82) is 0 Å². The lowest BCUT2D eigenvalue weighted by molar-refractivity contribution is 0.328. The van der Waals surface area contributed by atoms with Gasteiger partial charge in [-0.15, -0.1) is 6.42 Å². The maximum atomic E-state index is 5.55. The number of rotatable bonds is 5. The zero-order chi connectivity index (χ0) is 16.8. The Morgan fingerprint density at radius 2 is 2.04 bits per heavy atom. The van der Waals surface area contributed by atoms with Crippen LogP contribution in [0, 0.1) is 29.8 Å². The van der Waals surface area contributed by atoms with Gasteiger partial charge in [-0.05, 0) is 71.3 Å². The highest BCUT2D eigenvalue weighted by atomic mass is 127. The van der Waals surface area contributed by atoms with E-state index in [0.29, 0.717) is 11.5 Å². The minimum atomic E-state index is 0.211. The van der Waals surface area contributed by atoms with Gasteiger partial charge >= 0.3 is 0 Å². The molecule has 4 heteroatoms. The molecule has 0 aliphatic rings. The van der Waals surface area contributed by atoms with Crippen LogP contribution in [0.4, 0.5) is 5.69 Å². The van der Waals surface area contributed by atoms with E-state index in [0.717, 1.165) is 20.4 Å². The van der Waals surface area contributed by atoms with Crippen LogP contribution in [0.3, 0.4) is 0 Å². The average Bonchev–Trinajstić information content (AvgIpc) is 2.54. The van der Waals surface area contributed by atoms with Crippen LogP contribution in [0.15, 0.2) is 35.3 Å². The van der Waals surface area contributed by atoms with E-state index in [9.17, 15) is 0 Å². The molecule has 3 nitrogen and oxygen atoms in total. The van der Waals surface area contributed by atoms with Crippen molar-refractivity contribution in [2.75, 3.05) is 13.7 Å². The maximum absolute atomic E-state index is 5.55. The number of halogens is 1. The van der Waals surface area contributed by atoms with Crippen molar-refractivity contribution < 1.29 is 9.47 Å². The quantitative estimate of drug-likeness (QED) is 0.401. The Labute approximate surface area is 150 Å². The van der Waals surface area contributed by atoms with Crippen LogP contribution in [0.25, 0.3) is 0 Å². The Morgan fingerprint density at radius 1 is 1.26 bits per heavy atom. The molecule has 23 heavy (non-hydrogen) atoms. The number of hydrogen-bond acceptors (Lipinski definition) is 3. The summed E-state index contributed by atoms with van der Waals surface area (Å²) in [6.45, 7) is 4.32. The fraction of sp³-hybridized carbons (Fsp3) is 0.211. The molecule has 0 aliphatic heterocycles. The first-order valence-corrected chi connectivity index (χ1v) is 8.18. The van der Waals surface area contributed by atoms with Gasteiger partial charge in [-0.1, -0.05) is 18.1 Å². The van der Waals surface area contributed by atoms with Gasteiger partial charge in [0.05, 0.1) is 16.4 Å². The molecule has 0 N–H and O–H groups in total. The Bertz CT molecular complexity index is 776. The van der Waals surface area contributed by atoms with Gasteiger partial charge in [-0.2, -0.15) is 0 Å². The van der Waals surface area contributed by atoms with Crippen molar-refractivity contribution in [3.05, 3.63) is 50.6 Å². The number of terminal acetylenes is 1. The average molecular weight is 419 g/mol. The highest BCUT2D eigenvalue weighted by Gasteiger charge is 2.10. The van der Waals surface area contributed by atoms with Crippen LogP contribution in [-0.4, -0.2) is 19.9 Å². The second kappa shape index (κ2) is 8.02. The second-order valence-corrected chi connectivity index (χ2v) is 6.24. The summed E-state index contributed by atoms with van der Waals surface area (Å²) in [5.41, 5.74) is 4.24. The molecule has 0 heterocycles. The van der Waals surface area contributed by atoms with Gasteiger partial charge < -0.3 is 9.47 Å². The molecule has 2 rings (SSSR count). The summed E-state index contributed by atoms with van der Waals surface area (Å²) in [5, 5.41) is 0. The van der Waals surface area contributed by atoms with Gasteiger partial charge in [0, 0.05) is 6.21 Å². The van der Waals surface area contributed by atoms with E-state index in [1.165, 1.54) is 5.56 Å². The van der Waals surface area contributed by atoms with Gasteiger partial charge in [0.1, 0.15) is 6.61 Å². The number of methoxy groups -OCH3 is 1. The van der Waals surface area contributed by atoms with Crippen LogP contribution in [0.2, 0.25) is 0 Å². The molecule has 0 saturated carbocycles. The molecule has 0 unspecified atom stereocenters. The van der Waals surface area contributed by atoms with E-state index in [-0.39, 0.29) is 6.61 Å². The SMILES string of the molecule is C#CCOc1c(I)cc(C=Nc2cc(C)ccc2C)cc1OC. The van der Waals surface area contributed by atoms with Crippen molar-refractivity contribution in [1.82, 2.24) is 0 Å². The number of nitrogens with zero attached hydrogens (tertiary/aromatic N) is 1. The van der Waals surface area contributed by atoms with Crippen LogP contribution in [0.1, 0.15) is 16.7 Å². The van der Waals surface area contributed by atoms with Gasteiger partial charge in [-0.25, -0.2) is 0 Å². The highest BCUT2D eigenvalue weighted by Crippen LogP contribution is 2.33. The number of benzene rings is 2. The van der Waals surface area contributed by atoms with E-state index >= 15 is 0 Å². The third-order valence-electron chi connectivity index (χ3n) is 3.27. The topological polar surface area (TPSA) is 30.8 Å². The van der Waals surface area contributed by atoms with E-state index in [4.69, 9.17) is 15.9 Å². The van der Waals surface area contributed by atoms with Gasteiger partial charge in [0.25, 0.3) is 0 Å². The van der Waals surface area contributed by atoms with Crippen LogP contribution in [-0.2, 0) is 0 Å². The first-order valence-electron chi connectivity index (χ1n) is 7.10. The predicted octanol–water partition coefficient (Wildman–Crippen LogP) is 4.68. The highest BCUT2D eigenvalue weighted by molar-refractivity contribution is 14.1. The second-order valence-electron chi connectivity index (χ2n) is 5.08. The Balaban J connectivity index is 2.33. The van der Waals surface area contributed by atoms with Crippen molar-refractivity contribution in [2.24, 2.45) is 4.99 Å². The van der Waals surface area contributed by atoms with E-state index in [1.807, 2.05) is 25.3 Å². The lowest BCUT2D eigenvalue weighted by Crippen LogP contribution is -2.00. The van der Waals surface area contributed by atoms with Gasteiger partial charge in [0.15, 0.2) is 11.5 Å². The lowest BCUT2D eigenvalue weighted by atomic mass is 10.1. The molecule has 2 aromatic carbocycles. The molecule has 0 saturated heterocycles. The number of ether oxygens (including phenoxy) is 2. The van der Waals surface area contributed by atoms with E-state index < -0.39 is 0 Å². The molecule has 0 bridgehead atoms. The predicted molar refractivity (Wildman–Crippen MR) is 103 cm³/mol. The minimum absolute atomic E-state index is 0.211. The summed E-state index contributed by atoms with van der Waals surface area (Å²) in [6.07, 6.45) is 7.08. The molecule has 118 valence electrons. The largest absolute Gasteiger partial charge is 0.493 e. The first-order chi connectivity index (χ1) is 11.0. The normalized spacial score (nSPS) is 10.6. The molecule has 0 aromatic heterocycles. The summed E-state index contributed by atoms with van der Waals surface area (Å²) < 4.78 is 11.9. The Kier molecular flexibility index (Phi) is 6.05. The number of aryl methyl sites for hydroxylation is 2. The van der Waals surface area contributed by atoms with Crippen molar-refractivity contribution in [2.45, 2.75) is 13.8 Å². The summed E-state index contributed by atoms with van der Waals surface area (Å²) in [7, 11) is 1.61. The maximum Gasteiger partial charge on any atom is 0.175 e. The summed E-state index contributed by atoms with van der Waals surface area (Å²) >= 11 is 2.21. The molecule has 0 aliphatic carbocycles. The van der Waals surface area contributed by atoms with E-state index in [2.05, 4.69) is 58.6 Å². The van der Waals surface area contributed by atoms with E-state index in [1.54, 1.807) is 7.11 Å². The van der Waals surface area contributed by atoms with Crippen LogP contribution >= 0.6 is 22.6 Å². The molecular formula is C19H18INO2. The zero-order valence-electron chi connectivity index (χ0n) is 13.4. The van der Waals surface area contributed by atoms with Gasteiger partial charge in [0.2, 0.25) is 0 Å². The molecule has 0 atom stereocenters. The minimum Gasteiger partial charge on any atom is -0.493 e. The Hall–Kier alpha value is -2.00. The molecule has 0 spiro atoms. The third kappa shape index (κ3) is 4.49. The number of hydrogen-bond donors (Lipinski definition) is 0. The van der Waals surface area contributed by atoms with Crippen molar-refractivity contribution in [3.63, 3.8) is 0 Å². The smallest absolute Gasteiger partial charge is 0.175 e. The first kappa shape index (κ1) is 17.4. The lowest BCUT2D eigenvalue weighted by Gasteiger charge is -2.11. The summed E-state index contributed by atoms with van der Waals surface area (Å²) in [6, 6.07) is 10.1. The van der Waals surface area contributed by atoms with Crippen molar-refractivity contribution >= 4 is 34.5 Å².